The van der Waals surface area contributed by atoms with E-state index < -0.39 is 0 Å². The van der Waals surface area contributed by atoms with E-state index in [4.69, 9.17) is 4.74 Å². The quantitative estimate of drug-likeness (QED) is 0.705. The van der Waals surface area contributed by atoms with E-state index in [9.17, 15) is 0 Å². The van der Waals surface area contributed by atoms with E-state index in [2.05, 4.69) is 30.0 Å². The Bertz CT molecular complexity index is 351. The number of hydrogen-bond acceptors (Lipinski definition) is 3. The highest BCUT2D eigenvalue weighted by atomic mass is 16.5. The molecule has 3 heteroatoms. The smallest absolute Gasteiger partial charge is 0.171 e. The van der Waals surface area contributed by atoms with Crippen LogP contribution in [0.4, 0.5) is 0 Å². The van der Waals surface area contributed by atoms with Gasteiger partial charge in [0, 0.05) is 25.4 Å². The zero-order chi connectivity index (χ0) is 10.7. The summed E-state index contributed by atoms with van der Waals surface area (Å²) in [5.41, 5.74) is 2.58. The second kappa shape index (κ2) is 4.45. The number of fused-ring (bicyclic) bond motifs is 1. The minimum Gasteiger partial charge on any atom is -0.353 e. The van der Waals surface area contributed by atoms with Gasteiger partial charge in [-0.1, -0.05) is 24.3 Å². The summed E-state index contributed by atoms with van der Waals surface area (Å²) in [5.74, 6) is 0. The first-order valence-corrected chi connectivity index (χ1v) is 5.29. The summed E-state index contributed by atoms with van der Waals surface area (Å²) >= 11 is 0. The van der Waals surface area contributed by atoms with Gasteiger partial charge in [0.1, 0.15) is 0 Å². The highest BCUT2D eigenvalue weighted by Gasteiger charge is 2.25. The third-order valence-electron chi connectivity index (χ3n) is 2.71. The van der Waals surface area contributed by atoms with Crippen LogP contribution in [0.2, 0.25) is 0 Å². The number of ether oxygens (including phenoxy) is 1. The van der Waals surface area contributed by atoms with Gasteiger partial charge in [-0.05, 0) is 18.9 Å². The van der Waals surface area contributed by atoms with Gasteiger partial charge in [-0.2, -0.15) is 5.10 Å². The summed E-state index contributed by atoms with van der Waals surface area (Å²) in [6.07, 6.45) is 0.955. The lowest BCUT2D eigenvalue weighted by atomic mass is 9.99. The monoisotopic (exact) mass is 204 g/mol. The van der Waals surface area contributed by atoms with Crippen molar-refractivity contribution in [1.82, 2.24) is 5.01 Å². The van der Waals surface area contributed by atoms with E-state index in [1.807, 2.05) is 18.0 Å². The predicted octanol–water partition coefficient (Wildman–Crippen LogP) is 2.20. The number of hydrogen-bond donors (Lipinski definition) is 0. The third-order valence-corrected chi connectivity index (χ3v) is 2.71. The summed E-state index contributed by atoms with van der Waals surface area (Å²) in [4.78, 5) is 0. The van der Waals surface area contributed by atoms with Gasteiger partial charge >= 0.3 is 0 Å². The molecule has 1 unspecified atom stereocenters. The maximum Gasteiger partial charge on any atom is 0.171 e. The van der Waals surface area contributed by atoms with E-state index in [1.54, 1.807) is 0 Å². The molecule has 15 heavy (non-hydrogen) atoms. The highest BCUT2D eigenvalue weighted by Crippen LogP contribution is 2.30. The van der Waals surface area contributed by atoms with Crippen molar-refractivity contribution in [2.75, 3.05) is 13.2 Å². The fourth-order valence-corrected chi connectivity index (χ4v) is 1.99. The second-order valence-electron chi connectivity index (χ2n) is 3.56. The molecule has 1 aliphatic rings. The van der Waals surface area contributed by atoms with Crippen molar-refractivity contribution in [1.29, 1.82) is 0 Å². The molecule has 1 heterocycles. The highest BCUT2D eigenvalue weighted by molar-refractivity contribution is 5.32. The molecule has 0 saturated carbocycles. The van der Waals surface area contributed by atoms with Crippen LogP contribution in [-0.2, 0) is 11.2 Å². The van der Waals surface area contributed by atoms with E-state index >= 15 is 0 Å². The van der Waals surface area contributed by atoms with E-state index in [0.717, 1.165) is 13.0 Å². The molecule has 1 atom stereocenters. The summed E-state index contributed by atoms with van der Waals surface area (Å²) in [6, 6.07) is 8.37. The molecule has 0 amide bonds. The zero-order valence-electron chi connectivity index (χ0n) is 9.02. The van der Waals surface area contributed by atoms with Crippen LogP contribution in [0.25, 0.3) is 0 Å². The molecular weight excluding hydrogens is 188 g/mol. The van der Waals surface area contributed by atoms with Gasteiger partial charge in [-0.15, -0.1) is 0 Å². The molecule has 0 spiro atoms. The number of rotatable bonds is 3. The molecule has 0 bridgehead atoms. The molecule has 0 N–H and O–H groups in total. The Morgan fingerprint density at radius 1 is 1.53 bits per heavy atom. The topological polar surface area (TPSA) is 24.8 Å². The molecule has 0 aromatic heterocycles. The summed E-state index contributed by atoms with van der Waals surface area (Å²) in [5, 5.41) is 5.91. The molecule has 0 saturated heterocycles. The van der Waals surface area contributed by atoms with Crippen LogP contribution in [0.15, 0.2) is 29.4 Å². The molecule has 0 fully saturated rings. The van der Waals surface area contributed by atoms with Crippen LogP contribution < -0.4 is 0 Å². The van der Waals surface area contributed by atoms with Gasteiger partial charge in [0.05, 0.1) is 0 Å². The van der Waals surface area contributed by atoms with Crippen LogP contribution >= 0.6 is 0 Å². The molecule has 1 aromatic carbocycles. The average molecular weight is 204 g/mol. The van der Waals surface area contributed by atoms with Crippen molar-refractivity contribution in [3.05, 3.63) is 35.4 Å². The lowest BCUT2D eigenvalue weighted by Crippen LogP contribution is -2.32. The molecule has 80 valence electrons. The number of nitrogens with zero attached hydrogens (tertiary/aromatic N) is 2. The van der Waals surface area contributed by atoms with Crippen molar-refractivity contribution in [2.24, 2.45) is 5.10 Å². The molecule has 1 aliphatic heterocycles. The van der Waals surface area contributed by atoms with E-state index in [1.165, 1.54) is 11.1 Å². The molecule has 1 aromatic rings. The Morgan fingerprint density at radius 3 is 3.07 bits per heavy atom. The lowest BCUT2D eigenvalue weighted by Gasteiger charge is -2.34. The maximum atomic E-state index is 5.70. The van der Waals surface area contributed by atoms with E-state index in [0.29, 0.717) is 6.61 Å². The molecule has 0 radical (unpaired) electrons. The van der Waals surface area contributed by atoms with Crippen molar-refractivity contribution >= 4 is 6.72 Å². The largest absolute Gasteiger partial charge is 0.353 e. The fourth-order valence-electron chi connectivity index (χ4n) is 1.99. The minimum atomic E-state index is -0.0579. The fraction of sp³-hybridized carbons (Fsp3) is 0.417. The zero-order valence-corrected chi connectivity index (χ0v) is 9.02. The van der Waals surface area contributed by atoms with Crippen molar-refractivity contribution in [3.8, 4) is 0 Å². The van der Waals surface area contributed by atoms with Gasteiger partial charge in [0.2, 0.25) is 0 Å². The van der Waals surface area contributed by atoms with Crippen molar-refractivity contribution in [3.63, 3.8) is 0 Å². The molecule has 3 nitrogen and oxygen atoms in total. The number of hydrazone groups is 1. The first-order valence-electron chi connectivity index (χ1n) is 5.29. The number of benzene rings is 1. The lowest BCUT2D eigenvalue weighted by molar-refractivity contribution is -0.0625. The van der Waals surface area contributed by atoms with Crippen molar-refractivity contribution < 1.29 is 4.74 Å². The van der Waals surface area contributed by atoms with Crippen molar-refractivity contribution in [2.45, 2.75) is 19.6 Å². The van der Waals surface area contributed by atoms with Gasteiger partial charge in [-0.25, -0.2) is 0 Å². The summed E-state index contributed by atoms with van der Waals surface area (Å²) < 4.78 is 5.70. The second-order valence-corrected chi connectivity index (χ2v) is 3.56. The average Bonchev–Trinajstić information content (AvgIpc) is 2.30. The van der Waals surface area contributed by atoms with Gasteiger partial charge in [0.25, 0.3) is 0 Å². The van der Waals surface area contributed by atoms with Crippen LogP contribution in [0.1, 0.15) is 24.3 Å². The first kappa shape index (κ1) is 10.2. The molecular formula is C12H16N2O. The third kappa shape index (κ3) is 1.88. The van der Waals surface area contributed by atoms with Crippen LogP contribution in [0.5, 0.6) is 0 Å². The molecule has 0 aliphatic carbocycles. The standard InChI is InChI=1S/C12H16N2O/c1-3-15-12-11-7-5-4-6-10(11)8-9-14(12)13-2/h4-7,12H,2-3,8-9H2,1H3. The van der Waals surface area contributed by atoms with Crippen LogP contribution in [-0.4, -0.2) is 24.9 Å². The normalized spacial score (nSPS) is 19.8. The predicted molar refractivity (Wildman–Crippen MR) is 60.8 cm³/mol. The maximum absolute atomic E-state index is 5.70. The van der Waals surface area contributed by atoms with Gasteiger partial charge in [-0.3, -0.25) is 5.01 Å². The Labute approximate surface area is 90.4 Å². The Morgan fingerprint density at radius 2 is 2.33 bits per heavy atom. The summed E-state index contributed by atoms with van der Waals surface area (Å²) in [7, 11) is 0. The van der Waals surface area contributed by atoms with E-state index in [-0.39, 0.29) is 6.23 Å². The summed E-state index contributed by atoms with van der Waals surface area (Å²) in [6.45, 7) is 7.15. The van der Waals surface area contributed by atoms with Gasteiger partial charge < -0.3 is 4.74 Å². The Hall–Kier alpha value is -1.35. The Kier molecular flexibility index (Phi) is 3.02. The van der Waals surface area contributed by atoms with Crippen LogP contribution in [0, 0.1) is 0 Å². The molecule has 2 rings (SSSR count). The first-order chi connectivity index (χ1) is 7.36. The minimum absolute atomic E-state index is 0.0579. The van der Waals surface area contributed by atoms with Gasteiger partial charge in [0.15, 0.2) is 6.23 Å². The Balaban J connectivity index is 2.33. The SMILES string of the molecule is C=NN1CCc2ccccc2C1OCC. The van der Waals surface area contributed by atoms with Crippen LogP contribution in [0.3, 0.4) is 0 Å².